The number of esters is 1. The maximum absolute atomic E-state index is 12.1. The summed E-state index contributed by atoms with van der Waals surface area (Å²) in [7, 11) is 2.85. The Balaban J connectivity index is 1.76. The van der Waals surface area contributed by atoms with E-state index in [4.69, 9.17) is 18.9 Å². The Labute approximate surface area is 171 Å². The highest BCUT2D eigenvalue weighted by Crippen LogP contribution is 2.27. The molecule has 0 aliphatic carbocycles. The predicted molar refractivity (Wildman–Crippen MR) is 112 cm³/mol. The molecule has 0 bridgehead atoms. The number of nitrogens with zero attached hydrogens (tertiary/aromatic N) is 1. The van der Waals surface area contributed by atoms with Gasteiger partial charge in [0.15, 0.2) is 0 Å². The second-order valence-electron chi connectivity index (χ2n) is 6.75. The van der Waals surface area contributed by atoms with Gasteiger partial charge in [0.25, 0.3) is 0 Å². The summed E-state index contributed by atoms with van der Waals surface area (Å²) in [5.41, 5.74) is 4.19. The fourth-order valence-electron chi connectivity index (χ4n) is 3.33. The van der Waals surface area contributed by atoms with Crippen LogP contribution in [0.1, 0.15) is 16.7 Å². The van der Waals surface area contributed by atoms with Crippen LogP contribution in [0.2, 0.25) is 0 Å². The van der Waals surface area contributed by atoms with Crippen LogP contribution < -0.4 is 9.64 Å². The van der Waals surface area contributed by atoms with Gasteiger partial charge in [-0.2, -0.15) is 0 Å². The number of carbonyl (C=O) groups excluding carboxylic acids is 1. The van der Waals surface area contributed by atoms with Gasteiger partial charge in [0.05, 0.1) is 33.7 Å². The molecule has 154 valence electrons. The van der Waals surface area contributed by atoms with E-state index in [-0.39, 0.29) is 0 Å². The van der Waals surface area contributed by atoms with E-state index in [0.29, 0.717) is 12.2 Å². The number of benzene rings is 2. The van der Waals surface area contributed by atoms with E-state index in [2.05, 4.69) is 17.0 Å². The van der Waals surface area contributed by atoms with Gasteiger partial charge in [-0.25, -0.2) is 4.79 Å². The number of hydrogen-bond donors (Lipinski definition) is 0. The normalized spacial score (nSPS) is 14.4. The molecule has 6 heteroatoms. The summed E-state index contributed by atoms with van der Waals surface area (Å²) in [5, 5.41) is 0. The van der Waals surface area contributed by atoms with Crippen molar-refractivity contribution in [3.63, 3.8) is 0 Å². The van der Waals surface area contributed by atoms with Gasteiger partial charge in [0.2, 0.25) is 0 Å². The number of aryl methyl sites for hydroxylation is 1. The Morgan fingerprint density at radius 3 is 2.59 bits per heavy atom. The first-order valence-corrected chi connectivity index (χ1v) is 9.59. The van der Waals surface area contributed by atoms with E-state index in [0.717, 1.165) is 48.7 Å². The zero-order valence-electron chi connectivity index (χ0n) is 17.1. The molecular weight excluding hydrogens is 370 g/mol. The molecule has 0 radical (unpaired) electrons. The highest BCUT2D eigenvalue weighted by atomic mass is 16.5. The lowest BCUT2D eigenvalue weighted by Crippen LogP contribution is -2.36. The largest absolute Gasteiger partial charge is 0.503 e. The fourth-order valence-corrected chi connectivity index (χ4v) is 3.33. The molecule has 1 saturated heterocycles. The zero-order chi connectivity index (χ0) is 20.6. The monoisotopic (exact) mass is 397 g/mol. The summed E-state index contributed by atoms with van der Waals surface area (Å²) in [6.07, 6.45) is 1.40. The third-order valence-corrected chi connectivity index (χ3v) is 4.87. The lowest BCUT2D eigenvalue weighted by molar-refractivity contribution is -0.133. The van der Waals surface area contributed by atoms with Gasteiger partial charge in [-0.05, 0) is 41.8 Å². The molecule has 0 unspecified atom stereocenters. The minimum atomic E-state index is -0.453. The maximum atomic E-state index is 12.1. The third kappa shape index (κ3) is 5.09. The molecule has 2 aromatic rings. The molecule has 0 aromatic heterocycles. The van der Waals surface area contributed by atoms with Crippen LogP contribution in [0, 0.1) is 6.92 Å². The standard InChI is InChI=1S/C23H27NO5/c1-17-14-19(24-10-12-28-13-11-24)8-9-22(17)29-15-18-6-4-5-7-20(18)21(16-26-2)23(25)27-3/h4-9,14,16H,10-13,15H2,1-3H3/b21-16+. The molecule has 2 aromatic carbocycles. The van der Waals surface area contributed by atoms with Crippen molar-refractivity contribution in [3.8, 4) is 5.75 Å². The molecule has 0 saturated carbocycles. The highest BCUT2D eigenvalue weighted by Gasteiger charge is 2.17. The van der Waals surface area contributed by atoms with Crippen molar-refractivity contribution in [2.75, 3.05) is 45.4 Å². The second kappa shape index (κ2) is 9.98. The second-order valence-corrected chi connectivity index (χ2v) is 6.75. The van der Waals surface area contributed by atoms with Crippen LogP contribution >= 0.6 is 0 Å². The maximum Gasteiger partial charge on any atom is 0.341 e. The minimum absolute atomic E-state index is 0.325. The van der Waals surface area contributed by atoms with Crippen LogP contribution in [0.25, 0.3) is 5.57 Å². The molecule has 0 atom stereocenters. The number of morpholine rings is 1. The van der Waals surface area contributed by atoms with Crippen molar-refractivity contribution >= 4 is 17.2 Å². The van der Waals surface area contributed by atoms with Crippen LogP contribution in [0.3, 0.4) is 0 Å². The number of anilines is 1. The summed E-state index contributed by atoms with van der Waals surface area (Å²) < 4.78 is 21.5. The summed E-state index contributed by atoms with van der Waals surface area (Å²) >= 11 is 0. The molecule has 1 aliphatic heterocycles. The van der Waals surface area contributed by atoms with E-state index in [1.165, 1.54) is 26.2 Å². The van der Waals surface area contributed by atoms with Crippen molar-refractivity contribution in [1.29, 1.82) is 0 Å². The first-order chi connectivity index (χ1) is 14.1. The van der Waals surface area contributed by atoms with Crippen molar-refractivity contribution in [1.82, 2.24) is 0 Å². The quantitative estimate of drug-likeness (QED) is 0.404. The molecule has 1 heterocycles. The van der Waals surface area contributed by atoms with Crippen LogP contribution in [-0.4, -0.2) is 46.5 Å². The van der Waals surface area contributed by atoms with Crippen LogP contribution in [0.5, 0.6) is 5.75 Å². The SMILES string of the molecule is CO/C=C(/C(=O)OC)c1ccccc1COc1ccc(N2CCOCC2)cc1C. The lowest BCUT2D eigenvalue weighted by Gasteiger charge is -2.29. The van der Waals surface area contributed by atoms with E-state index >= 15 is 0 Å². The molecule has 1 fully saturated rings. The van der Waals surface area contributed by atoms with Gasteiger partial charge in [0, 0.05) is 18.8 Å². The first-order valence-electron chi connectivity index (χ1n) is 9.59. The summed E-state index contributed by atoms with van der Waals surface area (Å²) in [6.45, 7) is 5.67. The molecular formula is C23H27NO5. The Kier molecular flexibility index (Phi) is 7.14. The Morgan fingerprint density at radius 1 is 1.14 bits per heavy atom. The van der Waals surface area contributed by atoms with Gasteiger partial charge < -0.3 is 23.8 Å². The Hall–Kier alpha value is -2.99. The van der Waals surface area contributed by atoms with Crippen LogP contribution in [0.15, 0.2) is 48.7 Å². The summed E-state index contributed by atoms with van der Waals surface area (Å²) in [5.74, 6) is 0.359. The molecule has 0 spiro atoms. The number of carbonyl (C=O) groups is 1. The average Bonchev–Trinajstić information content (AvgIpc) is 2.77. The topological polar surface area (TPSA) is 57.2 Å². The van der Waals surface area contributed by atoms with Crippen molar-refractivity contribution in [3.05, 3.63) is 65.4 Å². The molecule has 29 heavy (non-hydrogen) atoms. The average molecular weight is 397 g/mol. The van der Waals surface area contributed by atoms with E-state index < -0.39 is 5.97 Å². The van der Waals surface area contributed by atoms with Crippen LogP contribution in [-0.2, 0) is 25.6 Å². The van der Waals surface area contributed by atoms with E-state index in [1.54, 1.807) is 0 Å². The van der Waals surface area contributed by atoms with Gasteiger partial charge in [-0.15, -0.1) is 0 Å². The molecule has 3 rings (SSSR count). The minimum Gasteiger partial charge on any atom is -0.503 e. The van der Waals surface area contributed by atoms with E-state index in [9.17, 15) is 4.79 Å². The lowest BCUT2D eigenvalue weighted by atomic mass is 10.0. The summed E-state index contributed by atoms with van der Waals surface area (Å²) in [4.78, 5) is 14.5. The number of ether oxygens (including phenoxy) is 4. The molecule has 1 aliphatic rings. The van der Waals surface area contributed by atoms with Gasteiger partial charge in [-0.3, -0.25) is 0 Å². The van der Waals surface area contributed by atoms with Crippen molar-refractivity contribution in [2.24, 2.45) is 0 Å². The fraction of sp³-hybridized carbons (Fsp3) is 0.348. The van der Waals surface area contributed by atoms with Crippen LogP contribution in [0.4, 0.5) is 5.69 Å². The van der Waals surface area contributed by atoms with Gasteiger partial charge >= 0.3 is 5.97 Å². The smallest absolute Gasteiger partial charge is 0.341 e. The summed E-state index contributed by atoms with van der Waals surface area (Å²) in [6, 6.07) is 13.8. The van der Waals surface area contributed by atoms with Crippen molar-refractivity contribution < 1.29 is 23.7 Å². The van der Waals surface area contributed by atoms with Gasteiger partial charge in [0.1, 0.15) is 17.9 Å². The predicted octanol–water partition coefficient (Wildman–Crippen LogP) is 3.57. The Morgan fingerprint density at radius 2 is 1.90 bits per heavy atom. The molecule has 0 amide bonds. The third-order valence-electron chi connectivity index (χ3n) is 4.87. The van der Waals surface area contributed by atoms with Crippen molar-refractivity contribution in [2.45, 2.75) is 13.5 Å². The van der Waals surface area contributed by atoms with Gasteiger partial charge in [-0.1, -0.05) is 24.3 Å². The Bertz CT molecular complexity index is 871. The number of hydrogen-bond acceptors (Lipinski definition) is 6. The molecule has 0 N–H and O–H groups in total. The van der Waals surface area contributed by atoms with E-state index in [1.807, 2.05) is 37.3 Å². The number of rotatable bonds is 7. The number of methoxy groups -OCH3 is 2. The zero-order valence-corrected chi connectivity index (χ0v) is 17.1. The molecule has 6 nitrogen and oxygen atoms in total. The first kappa shape index (κ1) is 20.7. The highest BCUT2D eigenvalue weighted by molar-refractivity contribution is 6.16.